The predicted molar refractivity (Wildman–Crippen MR) is 69.4 cm³/mol. The number of phosphoric acid groups is 1. The van der Waals surface area contributed by atoms with E-state index in [1.54, 1.807) is 0 Å². The molecule has 2 aromatic rings. The molecule has 0 radical (unpaired) electrons. The highest BCUT2D eigenvalue weighted by Gasteiger charge is 2.48. The Hall–Kier alpha value is -1.45. The fourth-order valence-corrected chi connectivity index (χ4v) is 3.91. The van der Waals surface area contributed by atoms with Crippen LogP contribution in [0.25, 0.3) is 11.1 Å². The normalized spacial score (nSPS) is 31.4. The smallest absolute Gasteiger partial charge is 0.302 e. The number of fused-ring (bicyclic) bond motifs is 6. The van der Waals surface area contributed by atoms with Crippen molar-refractivity contribution in [1.82, 2.24) is 0 Å². The molecule has 2 aromatic carbocycles. The molecule has 0 aromatic heterocycles. The van der Waals surface area contributed by atoms with Crippen molar-refractivity contribution in [3.05, 3.63) is 59.7 Å². The maximum Gasteiger partial charge on any atom is 0.473 e. The van der Waals surface area contributed by atoms with Crippen LogP contribution in [0.15, 0.2) is 48.5 Å². The van der Waals surface area contributed by atoms with Crippen LogP contribution in [0.4, 0.5) is 0 Å². The first-order valence-electron chi connectivity index (χ1n) is 6.03. The molecule has 4 nitrogen and oxygen atoms in total. The quantitative estimate of drug-likeness (QED) is 0.746. The van der Waals surface area contributed by atoms with Crippen LogP contribution in [-0.4, -0.2) is 4.89 Å². The van der Waals surface area contributed by atoms with Gasteiger partial charge in [-0.05, 0) is 22.3 Å². The van der Waals surface area contributed by atoms with E-state index in [1.807, 2.05) is 48.5 Å². The number of benzene rings is 2. The zero-order chi connectivity index (χ0) is 13.0. The van der Waals surface area contributed by atoms with Gasteiger partial charge in [0.15, 0.2) is 0 Å². The highest BCUT2D eigenvalue weighted by Crippen LogP contribution is 2.65. The van der Waals surface area contributed by atoms with Gasteiger partial charge in [0.2, 0.25) is 0 Å². The zero-order valence-corrected chi connectivity index (χ0v) is 10.8. The minimum atomic E-state index is -3.96. The van der Waals surface area contributed by atoms with Crippen LogP contribution < -0.4 is 0 Å². The number of rotatable bonds is 0. The van der Waals surface area contributed by atoms with Crippen molar-refractivity contribution in [3.63, 3.8) is 0 Å². The Morgan fingerprint density at radius 3 is 1.74 bits per heavy atom. The molecule has 2 aliphatic rings. The van der Waals surface area contributed by atoms with Gasteiger partial charge in [-0.15, -0.1) is 0 Å². The molecular formula is C14H11O4P. The summed E-state index contributed by atoms with van der Waals surface area (Å²) in [4.78, 5) is 9.59. The lowest BCUT2D eigenvalue weighted by atomic mass is 9.82. The van der Waals surface area contributed by atoms with Crippen LogP contribution >= 0.6 is 7.82 Å². The highest BCUT2D eigenvalue weighted by atomic mass is 31.2. The molecule has 0 spiro atoms. The summed E-state index contributed by atoms with van der Waals surface area (Å²) in [6, 6.07) is 15.5. The molecule has 0 saturated carbocycles. The Morgan fingerprint density at radius 2 is 1.26 bits per heavy atom. The van der Waals surface area contributed by atoms with Gasteiger partial charge in [0.05, 0.1) is 0 Å². The maximum absolute atomic E-state index is 11.7. The summed E-state index contributed by atoms with van der Waals surface area (Å²) in [5, 5.41) is 0. The SMILES string of the molecule is O=P1(O)OC2c3ccccc3-c3ccccc3C2O1. The predicted octanol–water partition coefficient (Wildman–Crippen LogP) is 3.60. The Bertz CT molecular complexity index is 655. The summed E-state index contributed by atoms with van der Waals surface area (Å²) in [5.41, 5.74) is 3.87. The molecule has 1 aliphatic heterocycles. The van der Waals surface area contributed by atoms with E-state index in [0.29, 0.717) is 0 Å². The largest absolute Gasteiger partial charge is 0.473 e. The monoisotopic (exact) mass is 274 g/mol. The molecule has 0 bridgehead atoms. The van der Waals surface area contributed by atoms with E-state index in [-0.39, 0.29) is 0 Å². The van der Waals surface area contributed by atoms with Crippen LogP contribution in [0.1, 0.15) is 23.3 Å². The van der Waals surface area contributed by atoms with Crippen molar-refractivity contribution in [2.75, 3.05) is 0 Å². The summed E-state index contributed by atoms with van der Waals surface area (Å²) >= 11 is 0. The van der Waals surface area contributed by atoms with E-state index in [9.17, 15) is 9.46 Å². The second kappa shape index (κ2) is 3.78. The minimum Gasteiger partial charge on any atom is -0.302 e. The molecule has 1 aliphatic carbocycles. The minimum absolute atomic E-state index is 0.512. The van der Waals surface area contributed by atoms with Crippen LogP contribution in [0.5, 0.6) is 0 Å². The lowest BCUT2D eigenvalue weighted by molar-refractivity contribution is 0.157. The number of phosphoric ester groups is 1. The van der Waals surface area contributed by atoms with Gasteiger partial charge < -0.3 is 4.89 Å². The highest BCUT2D eigenvalue weighted by molar-refractivity contribution is 7.47. The Labute approximate surface area is 110 Å². The molecular weight excluding hydrogens is 263 g/mol. The van der Waals surface area contributed by atoms with Crippen molar-refractivity contribution in [2.24, 2.45) is 0 Å². The first-order chi connectivity index (χ1) is 9.16. The summed E-state index contributed by atoms with van der Waals surface area (Å²) in [6.45, 7) is 0. The molecule has 5 heteroatoms. The third kappa shape index (κ3) is 1.62. The average molecular weight is 274 g/mol. The molecule has 19 heavy (non-hydrogen) atoms. The maximum atomic E-state index is 11.7. The van der Waals surface area contributed by atoms with E-state index in [0.717, 1.165) is 22.3 Å². The Kier molecular flexibility index (Phi) is 2.26. The zero-order valence-electron chi connectivity index (χ0n) is 9.89. The van der Waals surface area contributed by atoms with Crippen LogP contribution in [0.2, 0.25) is 0 Å². The van der Waals surface area contributed by atoms with E-state index < -0.39 is 20.0 Å². The molecule has 1 heterocycles. The number of hydrogen-bond acceptors (Lipinski definition) is 3. The number of hydrogen-bond donors (Lipinski definition) is 1. The topological polar surface area (TPSA) is 55.8 Å². The standard InChI is InChI=1S/C14H11O4P/c15-19(16)17-13-11-7-3-1-5-9(11)10-6-2-4-8-12(10)14(13)18-19/h1-8,13-14H,(H,15,16). The molecule has 1 N–H and O–H groups in total. The van der Waals surface area contributed by atoms with Gasteiger partial charge in [-0.25, -0.2) is 4.57 Å². The first-order valence-corrected chi connectivity index (χ1v) is 7.53. The van der Waals surface area contributed by atoms with Crippen molar-refractivity contribution in [3.8, 4) is 11.1 Å². The Morgan fingerprint density at radius 1 is 0.842 bits per heavy atom. The summed E-state index contributed by atoms with van der Waals surface area (Å²) in [7, 11) is -3.96. The third-order valence-electron chi connectivity index (χ3n) is 3.59. The second-order valence-corrected chi connectivity index (χ2v) is 6.05. The average Bonchev–Trinajstić information content (AvgIpc) is 2.75. The molecule has 4 rings (SSSR count). The second-order valence-electron chi connectivity index (χ2n) is 4.70. The van der Waals surface area contributed by atoms with Gasteiger partial charge in [-0.3, -0.25) is 9.05 Å². The van der Waals surface area contributed by atoms with Gasteiger partial charge >= 0.3 is 7.82 Å². The van der Waals surface area contributed by atoms with Crippen LogP contribution in [0.3, 0.4) is 0 Å². The molecule has 0 amide bonds. The van der Waals surface area contributed by atoms with Gasteiger partial charge in [-0.1, -0.05) is 48.5 Å². The molecule has 1 fully saturated rings. The Balaban J connectivity index is 2.01. The molecule has 2 unspecified atom stereocenters. The lowest BCUT2D eigenvalue weighted by Crippen LogP contribution is -2.14. The van der Waals surface area contributed by atoms with Gasteiger partial charge in [-0.2, -0.15) is 0 Å². The van der Waals surface area contributed by atoms with Crippen LogP contribution in [0, 0.1) is 0 Å². The molecule has 96 valence electrons. The van der Waals surface area contributed by atoms with Crippen molar-refractivity contribution in [1.29, 1.82) is 0 Å². The van der Waals surface area contributed by atoms with E-state index >= 15 is 0 Å². The summed E-state index contributed by atoms with van der Waals surface area (Å²) in [6.07, 6.45) is -1.02. The van der Waals surface area contributed by atoms with Gasteiger partial charge in [0.1, 0.15) is 12.2 Å². The lowest BCUT2D eigenvalue weighted by Gasteiger charge is -2.27. The molecule has 1 saturated heterocycles. The van der Waals surface area contributed by atoms with E-state index in [4.69, 9.17) is 9.05 Å². The van der Waals surface area contributed by atoms with Gasteiger partial charge in [0, 0.05) is 0 Å². The van der Waals surface area contributed by atoms with Crippen LogP contribution in [-0.2, 0) is 13.6 Å². The third-order valence-corrected chi connectivity index (χ3v) is 4.58. The van der Waals surface area contributed by atoms with Crippen molar-refractivity contribution in [2.45, 2.75) is 12.2 Å². The molecule has 2 atom stereocenters. The fourth-order valence-electron chi connectivity index (χ4n) is 2.84. The summed E-state index contributed by atoms with van der Waals surface area (Å²) in [5.74, 6) is 0. The van der Waals surface area contributed by atoms with Crippen molar-refractivity contribution < 1.29 is 18.5 Å². The summed E-state index contributed by atoms with van der Waals surface area (Å²) < 4.78 is 22.2. The van der Waals surface area contributed by atoms with E-state index in [2.05, 4.69) is 0 Å². The van der Waals surface area contributed by atoms with E-state index in [1.165, 1.54) is 0 Å². The fraction of sp³-hybridized carbons (Fsp3) is 0.143. The van der Waals surface area contributed by atoms with Gasteiger partial charge in [0.25, 0.3) is 0 Å². The van der Waals surface area contributed by atoms with Crippen molar-refractivity contribution >= 4 is 7.82 Å². The first kappa shape index (κ1) is 11.4.